The minimum Gasteiger partial charge on any atom is -0.480 e. The second kappa shape index (κ2) is 4.61. The average molecular weight is 222 g/mol. The molecule has 4 nitrogen and oxygen atoms in total. The Bertz CT molecular complexity index is 365. The Balaban J connectivity index is 3.22. The van der Waals surface area contributed by atoms with Crippen molar-refractivity contribution in [2.45, 2.75) is 32.4 Å². The van der Waals surface area contributed by atoms with Crippen LogP contribution in [0.5, 0.6) is 0 Å². The quantitative estimate of drug-likeness (QED) is 0.842. The molecular weight excluding hydrogens is 204 g/mol. The van der Waals surface area contributed by atoms with Gasteiger partial charge in [0.05, 0.1) is 0 Å². The maximum absolute atomic E-state index is 11.5. The van der Waals surface area contributed by atoms with Crippen LogP contribution >= 0.6 is 0 Å². The molecule has 0 bridgehead atoms. The zero-order chi connectivity index (χ0) is 12.3. The first-order chi connectivity index (χ1) is 7.40. The molecule has 0 fully saturated rings. The Labute approximate surface area is 95.9 Å². The molecule has 0 spiro atoms. The van der Waals surface area contributed by atoms with Crippen LogP contribution in [0.3, 0.4) is 0 Å². The molecule has 1 aromatic rings. The number of carboxylic acid groups (broad SMARTS) is 1. The molecule has 0 saturated heterocycles. The van der Waals surface area contributed by atoms with Gasteiger partial charge in [0.25, 0.3) is 0 Å². The van der Waals surface area contributed by atoms with E-state index in [0.29, 0.717) is 0 Å². The minimum absolute atomic E-state index is 0.147. The van der Waals surface area contributed by atoms with E-state index in [4.69, 9.17) is 0 Å². The molecule has 1 rings (SSSR count). The van der Waals surface area contributed by atoms with Crippen LogP contribution in [0, 0.1) is 0 Å². The summed E-state index contributed by atoms with van der Waals surface area (Å²) in [6.45, 7) is 5.66. The van der Waals surface area contributed by atoms with Gasteiger partial charge in [-0.3, -0.25) is 9.88 Å². The van der Waals surface area contributed by atoms with Crippen LogP contribution in [0.1, 0.15) is 26.3 Å². The summed E-state index contributed by atoms with van der Waals surface area (Å²) in [4.78, 5) is 17.3. The number of pyridine rings is 1. The highest BCUT2D eigenvalue weighted by Gasteiger charge is 2.40. The number of aliphatic carboxylic acids is 1. The molecular formula is C12H18N2O2. The molecule has 1 atom stereocenters. The lowest BCUT2D eigenvalue weighted by Gasteiger charge is -2.38. The Morgan fingerprint density at radius 3 is 2.31 bits per heavy atom. The second-order valence-electron chi connectivity index (χ2n) is 4.32. The molecule has 0 amide bonds. The minimum atomic E-state index is -1.02. The van der Waals surface area contributed by atoms with E-state index in [1.54, 1.807) is 31.5 Å². The van der Waals surface area contributed by atoms with Crippen molar-refractivity contribution in [3.63, 3.8) is 0 Å². The summed E-state index contributed by atoms with van der Waals surface area (Å²) in [6, 6.07) is 3.63. The SMILES string of the molecule is CC(C)N(C)C(C)(C(=O)O)c1ccncc1. The number of carbonyl (C=O) groups is 1. The van der Waals surface area contributed by atoms with Crippen molar-refractivity contribution in [1.82, 2.24) is 9.88 Å². The number of nitrogens with zero attached hydrogens (tertiary/aromatic N) is 2. The molecule has 1 heterocycles. The van der Waals surface area contributed by atoms with Crippen LogP contribution in [-0.2, 0) is 10.3 Å². The van der Waals surface area contributed by atoms with Crippen molar-refractivity contribution in [3.05, 3.63) is 30.1 Å². The standard InChI is InChI=1S/C12H18N2O2/c1-9(2)14(4)12(3,11(15)16)10-5-7-13-8-6-10/h5-9H,1-4H3,(H,15,16). The summed E-state index contributed by atoms with van der Waals surface area (Å²) in [5, 5.41) is 9.44. The smallest absolute Gasteiger partial charge is 0.328 e. The maximum atomic E-state index is 11.5. The van der Waals surface area contributed by atoms with E-state index >= 15 is 0 Å². The van der Waals surface area contributed by atoms with Gasteiger partial charge in [-0.05, 0) is 45.5 Å². The molecule has 1 unspecified atom stereocenters. The van der Waals surface area contributed by atoms with Crippen molar-refractivity contribution in [2.24, 2.45) is 0 Å². The largest absolute Gasteiger partial charge is 0.480 e. The maximum Gasteiger partial charge on any atom is 0.328 e. The van der Waals surface area contributed by atoms with Crippen molar-refractivity contribution in [1.29, 1.82) is 0 Å². The van der Waals surface area contributed by atoms with Gasteiger partial charge in [-0.1, -0.05) is 0 Å². The number of hydrogen-bond acceptors (Lipinski definition) is 3. The third-order valence-electron chi connectivity index (χ3n) is 3.14. The topological polar surface area (TPSA) is 53.4 Å². The lowest BCUT2D eigenvalue weighted by molar-refractivity contribution is -0.151. The molecule has 0 aliphatic carbocycles. The average Bonchev–Trinajstić information content (AvgIpc) is 2.27. The van der Waals surface area contributed by atoms with E-state index in [1.165, 1.54) is 0 Å². The molecule has 0 aromatic carbocycles. The van der Waals surface area contributed by atoms with Crippen LogP contribution in [0.15, 0.2) is 24.5 Å². The highest BCUT2D eigenvalue weighted by molar-refractivity contribution is 5.80. The van der Waals surface area contributed by atoms with Gasteiger partial charge in [0.1, 0.15) is 5.54 Å². The van der Waals surface area contributed by atoms with Crippen LogP contribution in [-0.4, -0.2) is 34.0 Å². The highest BCUT2D eigenvalue weighted by atomic mass is 16.4. The predicted octanol–water partition coefficient (Wildman–Crippen LogP) is 1.72. The summed E-state index contributed by atoms with van der Waals surface area (Å²) >= 11 is 0. The second-order valence-corrected chi connectivity index (χ2v) is 4.32. The fourth-order valence-corrected chi connectivity index (χ4v) is 1.67. The van der Waals surface area contributed by atoms with Gasteiger partial charge in [0.15, 0.2) is 0 Å². The zero-order valence-corrected chi connectivity index (χ0v) is 10.1. The lowest BCUT2D eigenvalue weighted by Crippen LogP contribution is -2.50. The molecule has 0 aliphatic heterocycles. The monoisotopic (exact) mass is 222 g/mol. The summed E-state index contributed by atoms with van der Waals surface area (Å²) in [7, 11) is 1.82. The molecule has 88 valence electrons. The normalized spacial score (nSPS) is 15.1. The van der Waals surface area contributed by atoms with Crippen molar-refractivity contribution < 1.29 is 9.90 Å². The van der Waals surface area contributed by atoms with E-state index in [9.17, 15) is 9.90 Å². The first kappa shape index (κ1) is 12.6. The first-order valence-corrected chi connectivity index (χ1v) is 5.27. The van der Waals surface area contributed by atoms with Gasteiger partial charge in [-0.15, -0.1) is 0 Å². The third-order valence-corrected chi connectivity index (χ3v) is 3.14. The van der Waals surface area contributed by atoms with E-state index in [2.05, 4.69) is 4.98 Å². The lowest BCUT2D eigenvalue weighted by atomic mass is 9.90. The van der Waals surface area contributed by atoms with E-state index in [1.807, 2.05) is 25.8 Å². The first-order valence-electron chi connectivity index (χ1n) is 5.27. The van der Waals surface area contributed by atoms with Gasteiger partial charge < -0.3 is 5.11 Å². The summed E-state index contributed by atoms with van der Waals surface area (Å²) in [5.74, 6) is -0.852. The van der Waals surface area contributed by atoms with E-state index < -0.39 is 11.5 Å². The van der Waals surface area contributed by atoms with Gasteiger partial charge in [0.2, 0.25) is 0 Å². The van der Waals surface area contributed by atoms with Gasteiger partial charge in [-0.25, -0.2) is 4.79 Å². The number of carboxylic acids is 1. The molecule has 0 aliphatic rings. The van der Waals surface area contributed by atoms with E-state index in [-0.39, 0.29) is 6.04 Å². The van der Waals surface area contributed by atoms with Crippen molar-refractivity contribution in [2.75, 3.05) is 7.05 Å². The van der Waals surface area contributed by atoms with Crippen LogP contribution < -0.4 is 0 Å². The number of hydrogen-bond donors (Lipinski definition) is 1. The zero-order valence-electron chi connectivity index (χ0n) is 10.1. The molecule has 0 radical (unpaired) electrons. The van der Waals surface area contributed by atoms with Crippen LogP contribution in [0.4, 0.5) is 0 Å². The molecule has 0 saturated carbocycles. The van der Waals surface area contributed by atoms with Gasteiger partial charge >= 0.3 is 5.97 Å². The predicted molar refractivity (Wildman–Crippen MR) is 62.1 cm³/mol. The third kappa shape index (κ3) is 2.07. The van der Waals surface area contributed by atoms with Crippen molar-refractivity contribution >= 4 is 5.97 Å². The number of rotatable bonds is 4. The number of likely N-dealkylation sites (N-methyl/N-ethyl adjacent to an activating group) is 1. The van der Waals surface area contributed by atoms with Crippen LogP contribution in [0.25, 0.3) is 0 Å². The summed E-state index contributed by atoms with van der Waals surface area (Å²) in [6.07, 6.45) is 3.23. The Kier molecular flexibility index (Phi) is 3.65. The molecule has 16 heavy (non-hydrogen) atoms. The summed E-state index contributed by atoms with van der Waals surface area (Å²) in [5.41, 5.74) is -0.275. The Hall–Kier alpha value is -1.42. The molecule has 1 aromatic heterocycles. The molecule has 1 N–H and O–H groups in total. The van der Waals surface area contributed by atoms with Crippen molar-refractivity contribution in [3.8, 4) is 0 Å². The van der Waals surface area contributed by atoms with Crippen LogP contribution in [0.2, 0.25) is 0 Å². The fraction of sp³-hybridized carbons (Fsp3) is 0.500. The van der Waals surface area contributed by atoms with Gasteiger partial charge in [0, 0.05) is 18.4 Å². The Morgan fingerprint density at radius 2 is 1.94 bits per heavy atom. The van der Waals surface area contributed by atoms with E-state index in [0.717, 1.165) is 5.56 Å². The number of aromatic nitrogens is 1. The summed E-state index contributed by atoms with van der Waals surface area (Å²) < 4.78 is 0. The highest BCUT2D eigenvalue weighted by Crippen LogP contribution is 2.28. The fourth-order valence-electron chi connectivity index (χ4n) is 1.67. The molecule has 4 heteroatoms. The Morgan fingerprint density at radius 1 is 1.44 bits per heavy atom. The van der Waals surface area contributed by atoms with Gasteiger partial charge in [-0.2, -0.15) is 0 Å².